The molecule has 37 heavy (non-hydrogen) atoms. The molecule has 10 heteroatoms. The summed E-state index contributed by atoms with van der Waals surface area (Å²) in [6, 6.07) is 11.3. The van der Waals surface area contributed by atoms with Gasteiger partial charge in [-0.25, -0.2) is 8.42 Å². The zero-order valence-electron chi connectivity index (χ0n) is 21.5. The number of carbonyl (C=O) groups is 2. The standard InChI is InChI=1S/C27H35Cl2N3O4S/c1-4-19-10-14-23(15-11-19)32(37(3,35)36)18-26(33)31(17-20-12-13-21(28)16-24(20)29)25(5-2)27(34)30-22-8-6-7-9-22/h10-16,22,25H,4-9,17-18H2,1-3H3,(H,30,34). The second-order valence-corrected chi connectivity index (χ2v) is 12.2. The Hall–Kier alpha value is -2.29. The van der Waals surface area contributed by atoms with Gasteiger partial charge in [0, 0.05) is 22.6 Å². The van der Waals surface area contributed by atoms with Crippen molar-refractivity contribution in [2.24, 2.45) is 0 Å². The van der Waals surface area contributed by atoms with E-state index in [9.17, 15) is 18.0 Å². The molecular formula is C27H35Cl2N3O4S. The minimum absolute atomic E-state index is 0.0395. The molecule has 1 fully saturated rings. The Labute approximate surface area is 230 Å². The van der Waals surface area contributed by atoms with E-state index < -0.39 is 28.5 Å². The average molecular weight is 569 g/mol. The lowest BCUT2D eigenvalue weighted by atomic mass is 10.1. The number of carbonyl (C=O) groups excluding carboxylic acids is 2. The predicted octanol–water partition coefficient (Wildman–Crippen LogP) is 5.19. The molecule has 0 spiro atoms. The van der Waals surface area contributed by atoms with Gasteiger partial charge in [-0.05, 0) is 61.1 Å². The highest BCUT2D eigenvalue weighted by atomic mass is 35.5. The molecule has 0 saturated heterocycles. The number of benzene rings is 2. The molecule has 1 atom stereocenters. The van der Waals surface area contributed by atoms with Crippen LogP contribution in [0.2, 0.25) is 10.0 Å². The van der Waals surface area contributed by atoms with E-state index in [2.05, 4.69) is 5.32 Å². The number of sulfonamides is 1. The second-order valence-electron chi connectivity index (χ2n) is 9.46. The maximum atomic E-state index is 13.8. The summed E-state index contributed by atoms with van der Waals surface area (Å²) in [7, 11) is -3.78. The Morgan fingerprint density at radius 2 is 1.70 bits per heavy atom. The van der Waals surface area contributed by atoms with Crippen LogP contribution in [0.25, 0.3) is 0 Å². The number of aryl methyl sites for hydroxylation is 1. The molecular weight excluding hydrogens is 533 g/mol. The predicted molar refractivity (Wildman–Crippen MR) is 149 cm³/mol. The molecule has 7 nitrogen and oxygen atoms in total. The summed E-state index contributed by atoms with van der Waals surface area (Å²) in [6.45, 7) is 3.44. The highest BCUT2D eigenvalue weighted by Crippen LogP contribution is 2.26. The topological polar surface area (TPSA) is 86.8 Å². The molecule has 202 valence electrons. The fourth-order valence-electron chi connectivity index (χ4n) is 4.63. The molecule has 1 aliphatic carbocycles. The van der Waals surface area contributed by atoms with E-state index in [1.807, 2.05) is 26.0 Å². The summed E-state index contributed by atoms with van der Waals surface area (Å²) >= 11 is 12.5. The second kappa shape index (κ2) is 13.0. The number of nitrogens with zero attached hydrogens (tertiary/aromatic N) is 2. The van der Waals surface area contributed by atoms with Crippen molar-refractivity contribution in [3.05, 3.63) is 63.6 Å². The van der Waals surface area contributed by atoms with E-state index >= 15 is 0 Å². The van der Waals surface area contributed by atoms with Crippen molar-refractivity contribution in [1.29, 1.82) is 0 Å². The quantitative estimate of drug-likeness (QED) is 0.405. The van der Waals surface area contributed by atoms with E-state index in [1.54, 1.807) is 30.3 Å². The fraction of sp³-hybridized carbons (Fsp3) is 0.481. The minimum atomic E-state index is -3.78. The zero-order valence-corrected chi connectivity index (χ0v) is 23.9. The van der Waals surface area contributed by atoms with Gasteiger partial charge in [0.2, 0.25) is 21.8 Å². The Morgan fingerprint density at radius 1 is 1.05 bits per heavy atom. The smallest absolute Gasteiger partial charge is 0.244 e. The van der Waals surface area contributed by atoms with E-state index in [1.165, 1.54) is 4.90 Å². The maximum absolute atomic E-state index is 13.8. The number of hydrogen-bond acceptors (Lipinski definition) is 4. The first kappa shape index (κ1) is 29.3. The Kier molecular flexibility index (Phi) is 10.3. The molecule has 2 aromatic carbocycles. The third-order valence-corrected chi connectivity index (χ3v) is 8.48. The normalized spacial score (nSPS) is 14.8. The van der Waals surface area contributed by atoms with Gasteiger partial charge in [0.05, 0.1) is 11.9 Å². The van der Waals surface area contributed by atoms with E-state index in [0.717, 1.165) is 48.2 Å². The molecule has 3 rings (SSSR count). The summed E-state index contributed by atoms with van der Waals surface area (Å²) in [4.78, 5) is 28.6. The van der Waals surface area contributed by atoms with Gasteiger partial charge in [0.15, 0.2) is 0 Å². The molecule has 2 amide bonds. The van der Waals surface area contributed by atoms with Crippen molar-refractivity contribution in [3.8, 4) is 0 Å². The van der Waals surface area contributed by atoms with Crippen LogP contribution in [0.4, 0.5) is 5.69 Å². The lowest BCUT2D eigenvalue weighted by Crippen LogP contribution is -2.53. The molecule has 0 aromatic heterocycles. The van der Waals surface area contributed by atoms with E-state index in [0.29, 0.717) is 27.7 Å². The first-order valence-corrected chi connectivity index (χ1v) is 15.2. The van der Waals surface area contributed by atoms with Crippen LogP contribution in [0.15, 0.2) is 42.5 Å². The molecule has 1 unspecified atom stereocenters. The van der Waals surface area contributed by atoms with Gasteiger partial charge in [-0.2, -0.15) is 0 Å². The van der Waals surface area contributed by atoms with Gasteiger partial charge in [-0.15, -0.1) is 0 Å². The third kappa shape index (κ3) is 7.85. The third-order valence-electron chi connectivity index (χ3n) is 6.76. The van der Waals surface area contributed by atoms with Crippen LogP contribution in [-0.4, -0.2) is 50.0 Å². The summed E-state index contributed by atoms with van der Waals surface area (Å²) in [6.07, 6.45) is 6.18. The Balaban J connectivity index is 1.94. The highest BCUT2D eigenvalue weighted by Gasteiger charge is 2.33. The lowest BCUT2D eigenvalue weighted by Gasteiger charge is -2.33. The van der Waals surface area contributed by atoms with Crippen molar-refractivity contribution >= 4 is 50.7 Å². The van der Waals surface area contributed by atoms with Crippen LogP contribution in [0.1, 0.15) is 57.1 Å². The van der Waals surface area contributed by atoms with E-state index in [4.69, 9.17) is 23.2 Å². The van der Waals surface area contributed by atoms with Crippen LogP contribution >= 0.6 is 23.2 Å². The van der Waals surface area contributed by atoms with Crippen molar-refractivity contribution in [2.75, 3.05) is 17.1 Å². The average Bonchev–Trinajstić information content (AvgIpc) is 3.36. The lowest BCUT2D eigenvalue weighted by molar-refractivity contribution is -0.140. The van der Waals surface area contributed by atoms with Gasteiger partial charge in [-0.3, -0.25) is 13.9 Å². The SMILES string of the molecule is CCc1ccc(N(CC(=O)N(Cc2ccc(Cl)cc2Cl)C(CC)C(=O)NC2CCCC2)S(C)(=O)=O)cc1. The number of nitrogens with one attached hydrogen (secondary N) is 1. The molecule has 1 aliphatic rings. The van der Waals surface area contributed by atoms with Gasteiger partial charge in [0.25, 0.3) is 0 Å². The summed E-state index contributed by atoms with van der Waals surface area (Å²) in [5.74, 6) is -0.740. The van der Waals surface area contributed by atoms with Gasteiger partial charge < -0.3 is 10.2 Å². The minimum Gasteiger partial charge on any atom is -0.352 e. The first-order chi connectivity index (χ1) is 17.5. The number of anilines is 1. The molecule has 1 saturated carbocycles. The first-order valence-electron chi connectivity index (χ1n) is 12.6. The van der Waals surface area contributed by atoms with Crippen LogP contribution < -0.4 is 9.62 Å². The molecule has 1 N–H and O–H groups in total. The zero-order chi connectivity index (χ0) is 27.2. The van der Waals surface area contributed by atoms with E-state index in [-0.39, 0.29) is 18.5 Å². The van der Waals surface area contributed by atoms with Gasteiger partial charge in [-0.1, -0.05) is 68.1 Å². The maximum Gasteiger partial charge on any atom is 0.244 e. The van der Waals surface area contributed by atoms with Crippen LogP contribution in [0.5, 0.6) is 0 Å². The van der Waals surface area contributed by atoms with Crippen molar-refractivity contribution in [3.63, 3.8) is 0 Å². The summed E-state index contributed by atoms with van der Waals surface area (Å²) < 4.78 is 26.6. The number of halogens is 2. The van der Waals surface area contributed by atoms with Gasteiger partial charge >= 0.3 is 0 Å². The monoisotopic (exact) mass is 567 g/mol. The number of amides is 2. The Bertz CT molecular complexity index is 1200. The molecule has 0 radical (unpaired) electrons. The number of hydrogen-bond donors (Lipinski definition) is 1. The highest BCUT2D eigenvalue weighted by molar-refractivity contribution is 7.92. The molecule has 2 aromatic rings. The summed E-state index contributed by atoms with van der Waals surface area (Å²) in [5, 5.41) is 3.91. The van der Waals surface area contributed by atoms with Crippen molar-refractivity contribution in [2.45, 2.75) is 71.0 Å². The van der Waals surface area contributed by atoms with Gasteiger partial charge in [0.1, 0.15) is 12.6 Å². The Morgan fingerprint density at radius 3 is 2.24 bits per heavy atom. The molecule has 0 bridgehead atoms. The van der Waals surface area contributed by atoms with Crippen molar-refractivity contribution in [1.82, 2.24) is 10.2 Å². The molecule has 0 heterocycles. The van der Waals surface area contributed by atoms with Crippen LogP contribution in [-0.2, 0) is 32.6 Å². The fourth-order valence-corrected chi connectivity index (χ4v) is 5.95. The number of rotatable bonds is 11. The molecule has 0 aliphatic heterocycles. The van der Waals surface area contributed by atoms with Crippen molar-refractivity contribution < 1.29 is 18.0 Å². The van der Waals surface area contributed by atoms with Crippen LogP contribution in [0, 0.1) is 0 Å². The van der Waals surface area contributed by atoms with Crippen LogP contribution in [0.3, 0.4) is 0 Å². The summed E-state index contributed by atoms with van der Waals surface area (Å²) in [5.41, 5.74) is 2.06. The largest absolute Gasteiger partial charge is 0.352 e.